The van der Waals surface area contributed by atoms with Crippen molar-refractivity contribution in [1.82, 2.24) is 9.88 Å². The van der Waals surface area contributed by atoms with Crippen molar-refractivity contribution in [3.63, 3.8) is 0 Å². The molecule has 0 fully saturated rings. The highest BCUT2D eigenvalue weighted by Crippen LogP contribution is 2.35. The number of rotatable bonds is 6. The van der Waals surface area contributed by atoms with Crippen LogP contribution in [-0.4, -0.2) is 34.7 Å². The summed E-state index contributed by atoms with van der Waals surface area (Å²) in [6.45, 7) is -0.362. The molecule has 0 saturated carbocycles. The maximum absolute atomic E-state index is 13.4. The molecule has 1 aliphatic rings. The van der Waals surface area contributed by atoms with Crippen molar-refractivity contribution in [2.24, 2.45) is 0 Å². The Hall–Kier alpha value is -4.44. The maximum atomic E-state index is 13.4. The van der Waals surface area contributed by atoms with Crippen molar-refractivity contribution in [2.45, 2.75) is 6.41 Å². The third-order valence-electron chi connectivity index (χ3n) is 5.21. The van der Waals surface area contributed by atoms with E-state index >= 15 is 0 Å². The van der Waals surface area contributed by atoms with Gasteiger partial charge < -0.3 is 20.5 Å². The van der Waals surface area contributed by atoms with Gasteiger partial charge in [0.05, 0.1) is 5.69 Å². The number of nitrogens with one attached hydrogen (secondary N) is 1. The number of anilines is 2. The molecule has 176 valence electrons. The van der Waals surface area contributed by atoms with Gasteiger partial charge in [0.1, 0.15) is 12.4 Å². The van der Waals surface area contributed by atoms with E-state index in [-0.39, 0.29) is 12.1 Å². The molecule has 0 atom stereocenters. The van der Waals surface area contributed by atoms with E-state index in [1.165, 1.54) is 35.6 Å². The molecule has 0 spiro atoms. The van der Waals surface area contributed by atoms with Gasteiger partial charge in [0, 0.05) is 22.2 Å². The summed E-state index contributed by atoms with van der Waals surface area (Å²) in [6.07, 6.45) is -1.16. The molecule has 4 aromatic rings. The lowest BCUT2D eigenvalue weighted by Crippen LogP contribution is -2.48. The highest BCUT2D eigenvalue weighted by molar-refractivity contribution is 7.13. The molecule has 5 rings (SSSR count). The molecule has 0 bridgehead atoms. The van der Waals surface area contributed by atoms with Gasteiger partial charge >= 0.3 is 6.41 Å². The molecule has 3 N–H and O–H groups in total. The zero-order valence-electron chi connectivity index (χ0n) is 18.2. The van der Waals surface area contributed by atoms with E-state index < -0.39 is 24.0 Å². The van der Waals surface area contributed by atoms with E-state index in [4.69, 9.17) is 15.2 Å². The SMILES string of the molecule is Nc1nc(-c2ccc(NC(=O)CN(C(=O)c3ccc(F)cc3)C3Oc4ccccc4O3)cc2)cs1. The predicted octanol–water partition coefficient (Wildman–Crippen LogP) is 4.37. The number of thiazole rings is 1. The van der Waals surface area contributed by atoms with E-state index in [9.17, 15) is 14.0 Å². The van der Waals surface area contributed by atoms with E-state index in [0.29, 0.717) is 22.3 Å². The normalized spacial score (nSPS) is 12.4. The summed E-state index contributed by atoms with van der Waals surface area (Å²) in [7, 11) is 0. The van der Waals surface area contributed by atoms with Gasteiger partial charge in [0.2, 0.25) is 5.91 Å². The molecule has 0 saturated heterocycles. The summed E-state index contributed by atoms with van der Waals surface area (Å²) in [5.41, 5.74) is 8.02. The van der Waals surface area contributed by atoms with Gasteiger partial charge in [-0.2, -0.15) is 0 Å². The van der Waals surface area contributed by atoms with Crippen LogP contribution in [0.4, 0.5) is 15.2 Å². The smallest absolute Gasteiger partial charge is 0.330 e. The second-order valence-corrected chi connectivity index (χ2v) is 8.52. The topological polar surface area (TPSA) is 107 Å². The van der Waals surface area contributed by atoms with E-state index in [1.54, 1.807) is 36.4 Å². The molecule has 0 unspecified atom stereocenters. The number of amides is 2. The van der Waals surface area contributed by atoms with E-state index in [2.05, 4.69) is 10.3 Å². The Labute approximate surface area is 203 Å². The molecule has 3 aromatic carbocycles. The number of nitrogens with two attached hydrogens (primary N) is 1. The molecule has 35 heavy (non-hydrogen) atoms. The zero-order valence-corrected chi connectivity index (χ0v) is 19.0. The second-order valence-electron chi connectivity index (χ2n) is 7.63. The maximum Gasteiger partial charge on any atom is 0.330 e. The first-order chi connectivity index (χ1) is 17.0. The predicted molar refractivity (Wildman–Crippen MR) is 130 cm³/mol. The van der Waals surface area contributed by atoms with Crippen molar-refractivity contribution in [3.05, 3.63) is 89.6 Å². The van der Waals surface area contributed by atoms with Crippen molar-refractivity contribution in [1.29, 1.82) is 0 Å². The molecule has 0 radical (unpaired) electrons. The third kappa shape index (κ3) is 4.92. The molecule has 1 aromatic heterocycles. The number of ether oxygens (including phenoxy) is 2. The molecule has 8 nitrogen and oxygen atoms in total. The number of aromatic nitrogens is 1. The van der Waals surface area contributed by atoms with E-state index in [1.807, 2.05) is 17.5 Å². The fraction of sp³-hybridized carbons (Fsp3) is 0.0800. The molecule has 1 aliphatic heterocycles. The summed E-state index contributed by atoms with van der Waals surface area (Å²) in [6, 6.07) is 19.1. The second kappa shape index (κ2) is 9.43. The minimum absolute atomic E-state index is 0.189. The zero-order chi connectivity index (χ0) is 24.4. The number of fused-ring (bicyclic) bond motifs is 1. The van der Waals surface area contributed by atoms with Crippen molar-refractivity contribution in [3.8, 4) is 22.8 Å². The van der Waals surface area contributed by atoms with Gasteiger partial charge in [-0.1, -0.05) is 24.3 Å². The Bertz CT molecular complexity index is 1350. The first-order valence-electron chi connectivity index (χ1n) is 10.6. The van der Waals surface area contributed by atoms with Crippen LogP contribution >= 0.6 is 11.3 Å². The Morgan fingerprint density at radius 2 is 1.66 bits per heavy atom. The van der Waals surface area contributed by atoms with Crippen molar-refractivity contribution in [2.75, 3.05) is 17.6 Å². The van der Waals surface area contributed by atoms with Crippen LogP contribution < -0.4 is 20.5 Å². The van der Waals surface area contributed by atoms with Crippen LogP contribution in [0.1, 0.15) is 10.4 Å². The fourth-order valence-corrected chi connectivity index (χ4v) is 4.09. The van der Waals surface area contributed by atoms with Crippen LogP contribution in [0.15, 0.2) is 78.2 Å². The van der Waals surface area contributed by atoms with Gasteiger partial charge in [-0.05, 0) is 48.5 Å². The number of nitrogens with zero attached hydrogens (tertiary/aromatic N) is 2. The Kier molecular flexibility index (Phi) is 6.02. The Balaban J connectivity index is 1.32. The summed E-state index contributed by atoms with van der Waals surface area (Å²) in [4.78, 5) is 31.5. The number of hydrogen-bond acceptors (Lipinski definition) is 7. The highest BCUT2D eigenvalue weighted by atomic mass is 32.1. The highest BCUT2D eigenvalue weighted by Gasteiger charge is 2.35. The largest absolute Gasteiger partial charge is 0.433 e. The summed E-state index contributed by atoms with van der Waals surface area (Å²) in [5, 5.41) is 5.09. The molecular weight excluding hydrogens is 471 g/mol. The molecule has 2 amide bonds. The van der Waals surface area contributed by atoms with Crippen molar-refractivity contribution >= 4 is 34.0 Å². The van der Waals surface area contributed by atoms with Gasteiger partial charge in [-0.3, -0.25) is 14.5 Å². The minimum Gasteiger partial charge on any atom is -0.433 e. The monoisotopic (exact) mass is 490 g/mol. The molecule has 2 heterocycles. The third-order valence-corrected chi connectivity index (χ3v) is 5.89. The average molecular weight is 491 g/mol. The van der Waals surface area contributed by atoms with Gasteiger partial charge in [-0.15, -0.1) is 11.3 Å². The fourth-order valence-electron chi connectivity index (χ4n) is 3.51. The van der Waals surface area contributed by atoms with Gasteiger partial charge in [0.15, 0.2) is 16.6 Å². The average Bonchev–Trinajstić information content (AvgIpc) is 3.49. The van der Waals surface area contributed by atoms with Crippen LogP contribution in [0.5, 0.6) is 11.5 Å². The first kappa shape index (κ1) is 22.4. The van der Waals surface area contributed by atoms with Gasteiger partial charge in [-0.25, -0.2) is 9.37 Å². The van der Waals surface area contributed by atoms with Crippen LogP contribution in [0.2, 0.25) is 0 Å². The lowest BCUT2D eigenvalue weighted by molar-refractivity contribution is -0.123. The van der Waals surface area contributed by atoms with Crippen LogP contribution in [0, 0.1) is 5.82 Å². The number of benzene rings is 3. The lowest BCUT2D eigenvalue weighted by atomic mass is 10.1. The molecule has 0 aliphatic carbocycles. The number of nitrogen functional groups attached to an aromatic ring is 1. The number of hydrogen-bond donors (Lipinski definition) is 2. The number of carbonyl (C=O) groups is 2. The summed E-state index contributed by atoms with van der Waals surface area (Å²) < 4.78 is 24.9. The number of para-hydroxylation sites is 2. The van der Waals surface area contributed by atoms with Crippen LogP contribution in [0.25, 0.3) is 11.3 Å². The summed E-state index contributed by atoms with van der Waals surface area (Å²) in [5.74, 6) is -0.583. The summed E-state index contributed by atoms with van der Waals surface area (Å²) >= 11 is 1.35. The minimum atomic E-state index is -1.16. The first-order valence-corrected chi connectivity index (χ1v) is 11.4. The van der Waals surface area contributed by atoms with Gasteiger partial charge in [0.25, 0.3) is 5.91 Å². The van der Waals surface area contributed by atoms with E-state index in [0.717, 1.165) is 16.2 Å². The standard InChI is InChI=1S/C25H19FN4O4S/c26-17-9-5-16(6-10-17)23(32)30(25-33-20-3-1-2-4-21(20)34-25)13-22(31)28-18-11-7-15(8-12-18)19-14-35-24(27)29-19/h1-12,14,25H,13H2,(H2,27,29)(H,28,31). The Morgan fingerprint density at radius 3 is 2.26 bits per heavy atom. The van der Waals surface area contributed by atoms with Crippen LogP contribution in [0.3, 0.4) is 0 Å². The number of carbonyl (C=O) groups excluding carboxylic acids is 2. The van der Waals surface area contributed by atoms with Crippen molar-refractivity contribution < 1.29 is 23.5 Å². The quantitative estimate of drug-likeness (QED) is 0.416. The number of halogens is 1. The van der Waals surface area contributed by atoms with Crippen LogP contribution in [-0.2, 0) is 4.79 Å². The lowest BCUT2D eigenvalue weighted by Gasteiger charge is -2.26. The Morgan fingerprint density at radius 1 is 1.00 bits per heavy atom. The molecule has 10 heteroatoms. The molecular formula is C25H19FN4O4S.